The number of esters is 2. The largest absolute Gasteiger partial charge is 0.466 e. The summed E-state index contributed by atoms with van der Waals surface area (Å²) in [5.74, 6) is -0.0559. The summed E-state index contributed by atoms with van der Waals surface area (Å²) in [6, 6.07) is 9.47. The van der Waals surface area contributed by atoms with Crippen LogP contribution in [0.4, 0.5) is 0 Å². The summed E-state index contributed by atoms with van der Waals surface area (Å²) in [5.41, 5.74) is 0.936. The molecule has 1 aromatic carbocycles. The first-order valence-corrected chi connectivity index (χ1v) is 8.30. The van der Waals surface area contributed by atoms with E-state index in [9.17, 15) is 9.59 Å². The van der Waals surface area contributed by atoms with Gasteiger partial charge in [-0.25, -0.2) is 0 Å². The molecule has 6 heteroatoms. The quantitative estimate of drug-likeness (QED) is 0.726. The maximum Gasteiger partial charge on any atom is 0.306 e. The van der Waals surface area contributed by atoms with Gasteiger partial charge >= 0.3 is 11.9 Å². The van der Waals surface area contributed by atoms with Crippen LogP contribution < -0.4 is 5.32 Å². The van der Waals surface area contributed by atoms with Gasteiger partial charge in [0.1, 0.15) is 6.61 Å². The molecule has 1 heterocycles. The number of hydrogen-bond acceptors (Lipinski definition) is 5. The van der Waals surface area contributed by atoms with Crippen LogP contribution in [0.25, 0.3) is 0 Å². The molecule has 0 bridgehead atoms. The van der Waals surface area contributed by atoms with Crippen molar-refractivity contribution < 1.29 is 19.1 Å². The predicted octanol–water partition coefficient (Wildman–Crippen LogP) is 2.86. The monoisotopic (exact) mass is 355 g/mol. The third-order valence-corrected chi connectivity index (χ3v) is 4.02. The summed E-state index contributed by atoms with van der Waals surface area (Å²) in [6.07, 6.45) is 3.34. The number of rotatable bonds is 8. The lowest BCUT2D eigenvalue weighted by Crippen LogP contribution is -2.28. The molecule has 0 aromatic heterocycles. The minimum atomic E-state index is -0.371. The maximum absolute atomic E-state index is 11.6. The zero-order valence-electron chi connectivity index (χ0n) is 13.9. The van der Waals surface area contributed by atoms with Crippen molar-refractivity contribution in [1.82, 2.24) is 5.32 Å². The Balaban J connectivity index is 0.00000288. The van der Waals surface area contributed by atoms with Crippen LogP contribution in [-0.4, -0.2) is 31.6 Å². The Morgan fingerprint density at radius 3 is 2.29 bits per heavy atom. The normalized spacial score (nSPS) is 14.5. The Morgan fingerprint density at radius 1 is 1.00 bits per heavy atom. The van der Waals surface area contributed by atoms with Gasteiger partial charge in [0.15, 0.2) is 0 Å². The Kier molecular flexibility index (Phi) is 10.1. The zero-order chi connectivity index (χ0) is 16.3. The van der Waals surface area contributed by atoms with Crippen LogP contribution in [0.1, 0.15) is 37.7 Å². The smallest absolute Gasteiger partial charge is 0.306 e. The molecule has 1 N–H and O–H groups in total. The van der Waals surface area contributed by atoms with E-state index in [0.717, 1.165) is 37.9 Å². The fourth-order valence-electron chi connectivity index (χ4n) is 2.60. The Hall–Kier alpha value is -1.59. The molecule has 5 nitrogen and oxygen atoms in total. The van der Waals surface area contributed by atoms with Crippen LogP contribution in [0.5, 0.6) is 0 Å². The van der Waals surface area contributed by atoms with Crippen LogP contribution in [0.15, 0.2) is 30.3 Å². The summed E-state index contributed by atoms with van der Waals surface area (Å²) in [5, 5.41) is 3.31. The third-order valence-electron chi connectivity index (χ3n) is 4.02. The Bertz CT molecular complexity index is 489. The van der Waals surface area contributed by atoms with Crippen molar-refractivity contribution in [2.45, 2.75) is 38.7 Å². The molecule has 0 saturated carbocycles. The van der Waals surface area contributed by atoms with Crippen LogP contribution in [0, 0.1) is 5.92 Å². The van der Waals surface area contributed by atoms with E-state index < -0.39 is 0 Å². The van der Waals surface area contributed by atoms with Gasteiger partial charge in [-0.3, -0.25) is 9.59 Å². The number of ether oxygens (including phenoxy) is 2. The average molecular weight is 356 g/mol. The fraction of sp³-hybridized carbons (Fsp3) is 0.556. The van der Waals surface area contributed by atoms with Gasteiger partial charge in [0.2, 0.25) is 0 Å². The van der Waals surface area contributed by atoms with Crippen LogP contribution in [-0.2, 0) is 25.7 Å². The number of carbonyl (C=O) groups excluding carboxylic acids is 2. The molecule has 0 radical (unpaired) electrons. The number of halogens is 1. The second kappa shape index (κ2) is 11.9. The highest BCUT2D eigenvalue weighted by Crippen LogP contribution is 2.15. The van der Waals surface area contributed by atoms with Gasteiger partial charge in [0.25, 0.3) is 0 Å². The average Bonchev–Trinajstić information content (AvgIpc) is 2.60. The lowest BCUT2D eigenvalue weighted by atomic mass is 9.95. The highest BCUT2D eigenvalue weighted by Gasteiger charge is 2.14. The molecule has 24 heavy (non-hydrogen) atoms. The number of piperidine rings is 1. The van der Waals surface area contributed by atoms with Crippen molar-refractivity contribution in [2.75, 3.05) is 19.7 Å². The number of nitrogens with one attached hydrogen (secondary N) is 1. The minimum absolute atomic E-state index is 0. The highest BCUT2D eigenvalue weighted by atomic mass is 35.5. The van der Waals surface area contributed by atoms with Gasteiger partial charge in [0.05, 0.1) is 19.4 Å². The lowest BCUT2D eigenvalue weighted by Gasteiger charge is -2.22. The van der Waals surface area contributed by atoms with E-state index in [0.29, 0.717) is 12.5 Å². The molecule has 1 fully saturated rings. The minimum Gasteiger partial charge on any atom is -0.466 e. The zero-order valence-corrected chi connectivity index (χ0v) is 14.7. The van der Waals surface area contributed by atoms with E-state index in [-0.39, 0.29) is 43.8 Å². The first-order chi connectivity index (χ1) is 11.2. The van der Waals surface area contributed by atoms with E-state index >= 15 is 0 Å². The SMILES string of the molecule is Cl.O=C(CCC(=O)OCc1ccccc1)OCCC1CCNCC1. The Morgan fingerprint density at radius 2 is 1.62 bits per heavy atom. The number of hydrogen-bond donors (Lipinski definition) is 1. The van der Waals surface area contributed by atoms with Crippen LogP contribution >= 0.6 is 12.4 Å². The van der Waals surface area contributed by atoms with Crippen molar-refractivity contribution in [2.24, 2.45) is 5.92 Å². The summed E-state index contributed by atoms with van der Waals surface area (Å²) in [6.45, 7) is 2.78. The molecular formula is C18H26ClNO4. The van der Waals surface area contributed by atoms with Crippen molar-refractivity contribution in [1.29, 1.82) is 0 Å². The maximum atomic E-state index is 11.6. The van der Waals surface area contributed by atoms with E-state index in [2.05, 4.69) is 5.32 Å². The third kappa shape index (κ3) is 8.31. The number of benzene rings is 1. The van der Waals surface area contributed by atoms with Gasteiger partial charge in [-0.1, -0.05) is 30.3 Å². The van der Waals surface area contributed by atoms with Crippen molar-refractivity contribution >= 4 is 24.3 Å². The molecule has 0 unspecified atom stereocenters. The van der Waals surface area contributed by atoms with Gasteiger partial charge in [0, 0.05) is 0 Å². The molecule has 0 amide bonds. The van der Waals surface area contributed by atoms with Gasteiger partial charge in [-0.05, 0) is 43.8 Å². The predicted molar refractivity (Wildman–Crippen MR) is 93.9 cm³/mol. The molecule has 2 rings (SSSR count). The molecule has 1 aliphatic rings. The van der Waals surface area contributed by atoms with E-state index in [1.54, 1.807) is 0 Å². The van der Waals surface area contributed by atoms with Gasteiger partial charge in [-0.2, -0.15) is 0 Å². The van der Waals surface area contributed by atoms with Crippen molar-refractivity contribution in [3.8, 4) is 0 Å². The van der Waals surface area contributed by atoms with Gasteiger partial charge < -0.3 is 14.8 Å². The second-order valence-electron chi connectivity index (χ2n) is 5.85. The molecule has 1 aliphatic heterocycles. The molecule has 0 spiro atoms. The fourth-order valence-corrected chi connectivity index (χ4v) is 2.60. The molecule has 0 aliphatic carbocycles. The second-order valence-corrected chi connectivity index (χ2v) is 5.85. The topological polar surface area (TPSA) is 64.6 Å². The summed E-state index contributed by atoms with van der Waals surface area (Å²) in [7, 11) is 0. The summed E-state index contributed by atoms with van der Waals surface area (Å²) < 4.78 is 10.3. The molecule has 0 atom stereocenters. The van der Waals surface area contributed by atoms with Crippen molar-refractivity contribution in [3.63, 3.8) is 0 Å². The molecule has 1 aromatic rings. The van der Waals surface area contributed by atoms with Crippen molar-refractivity contribution in [3.05, 3.63) is 35.9 Å². The van der Waals surface area contributed by atoms with Crippen LogP contribution in [0.2, 0.25) is 0 Å². The first-order valence-electron chi connectivity index (χ1n) is 8.30. The molecular weight excluding hydrogens is 330 g/mol. The van der Waals surface area contributed by atoms with Crippen LogP contribution in [0.3, 0.4) is 0 Å². The van der Waals surface area contributed by atoms with Gasteiger partial charge in [-0.15, -0.1) is 12.4 Å². The first kappa shape index (κ1) is 20.5. The van der Waals surface area contributed by atoms with E-state index in [4.69, 9.17) is 9.47 Å². The summed E-state index contributed by atoms with van der Waals surface area (Å²) >= 11 is 0. The lowest BCUT2D eigenvalue weighted by molar-refractivity contribution is -0.151. The number of carbonyl (C=O) groups is 2. The van der Waals surface area contributed by atoms with E-state index in [1.807, 2.05) is 30.3 Å². The molecule has 134 valence electrons. The standard InChI is InChI=1S/C18H25NO4.ClH/c20-17(22-13-10-15-8-11-19-12-9-15)6-7-18(21)23-14-16-4-2-1-3-5-16;/h1-5,15,19H,6-14H2;1H. The summed E-state index contributed by atoms with van der Waals surface area (Å²) in [4.78, 5) is 23.2. The Labute approximate surface area is 149 Å². The highest BCUT2D eigenvalue weighted by molar-refractivity contribution is 5.85. The van der Waals surface area contributed by atoms with E-state index in [1.165, 1.54) is 0 Å². The molecule has 1 saturated heterocycles.